The van der Waals surface area contributed by atoms with E-state index < -0.39 is 0 Å². The lowest BCUT2D eigenvalue weighted by molar-refractivity contribution is 0.628. The highest BCUT2D eigenvalue weighted by Crippen LogP contribution is 2.33. The van der Waals surface area contributed by atoms with Crippen LogP contribution in [0.2, 0.25) is 0 Å². The van der Waals surface area contributed by atoms with Crippen LogP contribution < -0.4 is 0 Å². The van der Waals surface area contributed by atoms with Crippen molar-refractivity contribution in [1.29, 1.82) is 0 Å². The Kier molecular flexibility index (Phi) is 4.11. The summed E-state index contributed by atoms with van der Waals surface area (Å²) in [4.78, 5) is 0. The second-order valence-electron chi connectivity index (χ2n) is 5.72. The minimum Gasteiger partial charge on any atom is -0.232 e. The van der Waals surface area contributed by atoms with Crippen LogP contribution in [0.5, 0.6) is 0 Å². The van der Waals surface area contributed by atoms with Crippen molar-refractivity contribution < 1.29 is 4.39 Å². The van der Waals surface area contributed by atoms with Crippen LogP contribution in [0.25, 0.3) is 23.0 Å². The maximum Gasteiger partial charge on any atom is 0.123 e. The molecular formula is C20H18FN2. The molecule has 2 aromatic carbocycles. The second kappa shape index (κ2) is 6.21. The van der Waals surface area contributed by atoms with Crippen molar-refractivity contribution in [3.05, 3.63) is 78.3 Å². The second-order valence-corrected chi connectivity index (χ2v) is 5.72. The maximum absolute atomic E-state index is 13.3. The van der Waals surface area contributed by atoms with Gasteiger partial charge in [0.2, 0.25) is 0 Å². The lowest BCUT2D eigenvalue weighted by Crippen LogP contribution is -2.00. The molecule has 0 fully saturated rings. The van der Waals surface area contributed by atoms with Gasteiger partial charge < -0.3 is 0 Å². The summed E-state index contributed by atoms with van der Waals surface area (Å²) in [7, 11) is 0. The van der Waals surface area contributed by atoms with E-state index in [0.717, 1.165) is 28.2 Å². The van der Waals surface area contributed by atoms with Gasteiger partial charge in [-0.3, -0.25) is 0 Å². The molecule has 0 aliphatic carbocycles. The normalized spacial score (nSPS) is 11.0. The van der Waals surface area contributed by atoms with Crippen LogP contribution in [0, 0.1) is 12.4 Å². The molecule has 0 bridgehead atoms. The Morgan fingerprint density at radius 2 is 1.70 bits per heavy atom. The summed E-state index contributed by atoms with van der Waals surface area (Å²) in [5, 5.41) is 4.76. The van der Waals surface area contributed by atoms with Crippen molar-refractivity contribution in [2.24, 2.45) is 0 Å². The third kappa shape index (κ3) is 2.82. The van der Waals surface area contributed by atoms with Crippen LogP contribution in [-0.2, 0) is 0 Å². The molecule has 1 radical (unpaired) electrons. The van der Waals surface area contributed by atoms with E-state index in [-0.39, 0.29) is 11.7 Å². The largest absolute Gasteiger partial charge is 0.232 e. The average Bonchev–Trinajstić information content (AvgIpc) is 2.96. The third-order valence-corrected chi connectivity index (χ3v) is 3.78. The minimum atomic E-state index is -0.262. The summed E-state index contributed by atoms with van der Waals surface area (Å²) >= 11 is 0. The fourth-order valence-electron chi connectivity index (χ4n) is 2.68. The lowest BCUT2D eigenvalue weighted by atomic mass is 10.00. The van der Waals surface area contributed by atoms with Gasteiger partial charge in [0.1, 0.15) is 5.82 Å². The van der Waals surface area contributed by atoms with Gasteiger partial charge in [0.25, 0.3) is 0 Å². The molecule has 0 N–H and O–H groups in total. The zero-order valence-corrected chi connectivity index (χ0v) is 13.2. The zero-order valence-electron chi connectivity index (χ0n) is 13.2. The first-order valence-electron chi connectivity index (χ1n) is 7.61. The van der Waals surface area contributed by atoms with Crippen LogP contribution >= 0.6 is 0 Å². The molecule has 2 nitrogen and oxygen atoms in total. The number of benzene rings is 2. The number of para-hydroxylation sites is 1. The number of hydrogen-bond donors (Lipinski definition) is 0. The lowest BCUT2D eigenvalue weighted by Gasteiger charge is -2.09. The van der Waals surface area contributed by atoms with E-state index in [9.17, 15) is 4.39 Å². The number of halogens is 1. The fraction of sp³-hybridized carbons (Fsp3) is 0.150. The number of rotatable bonds is 4. The Morgan fingerprint density at radius 1 is 1.04 bits per heavy atom. The van der Waals surface area contributed by atoms with Gasteiger partial charge in [-0.05, 0) is 42.3 Å². The van der Waals surface area contributed by atoms with E-state index in [2.05, 4.69) is 13.8 Å². The number of aromatic nitrogens is 2. The predicted molar refractivity (Wildman–Crippen MR) is 91.8 cm³/mol. The van der Waals surface area contributed by atoms with E-state index in [1.54, 1.807) is 18.2 Å². The number of nitrogens with zero attached hydrogens (tertiary/aromatic N) is 2. The Labute approximate surface area is 135 Å². The summed E-state index contributed by atoms with van der Waals surface area (Å²) in [5.41, 5.74) is 4.52. The highest BCUT2D eigenvalue weighted by Gasteiger charge is 2.20. The van der Waals surface area contributed by atoms with Gasteiger partial charge >= 0.3 is 0 Å². The molecule has 1 aromatic heterocycles. The molecule has 0 aliphatic rings. The molecule has 115 valence electrons. The van der Waals surface area contributed by atoms with Gasteiger partial charge in [-0.25, -0.2) is 9.07 Å². The van der Waals surface area contributed by atoms with Crippen molar-refractivity contribution in [3.8, 4) is 16.9 Å². The van der Waals surface area contributed by atoms with Crippen molar-refractivity contribution in [2.75, 3.05) is 0 Å². The molecular weight excluding hydrogens is 287 g/mol. The summed E-state index contributed by atoms with van der Waals surface area (Å²) in [6.07, 6.45) is 1.58. The molecule has 23 heavy (non-hydrogen) atoms. The smallest absolute Gasteiger partial charge is 0.123 e. The van der Waals surface area contributed by atoms with Crippen molar-refractivity contribution in [2.45, 2.75) is 19.8 Å². The standard InChI is InChI=1S/C20H18FN2/c1-4-18-19(14(2)3)22-23(17-8-6-5-7-9-17)20(18)15-10-12-16(21)13-11-15/h1,4-14H,2-3H3. The van der Waals surface area contributed by atoms with Gasteiger partial charge in [-0.2, -0.15) is 5.10 Å². The van der Waals surface area contributed by atoms with Crippen molar-refractivity contribution >= 4 is 6.08 Å². The van der Waals surface area contributed by atoms with E-state index in [4.69, 9.17) is 11.7 Å². The highest BCUT2D eigenvalue weighted by atomic mass is 19.1. The van der Waals surface area contributed by atoms with Crippen LogP contribution in [0.4, 0.5) is 4.39 Å². The van der Waals surface area contributed by atoms with Gasteiger partial charge in [0.15, 0.2) is 0 Å². The maximum atomic E-state index is 13.3. The molecule has 0 unspecified atom stereocenters. The van der Waals surface area contributed by atoms with E-state index in [1.807, 2.05) is 35.0 Å². The average molecular weight is 305 g/mol. The molecule has 3 heteroatoms. The molecule has 0 saturated heterocycles. The summed E-state index contributed by atoms with van der Waals surface area (Å²) in [6, 6.07) is 16.3. The Balaban J connectivity index is 2.30. The number of hydrogen-bond acceptors (Lipinski definition) is 1. The van der Waals surface area contributed by atoms with Crippen LogP contribution in [0.1, 0.15) is 31.0 Å². The highest BCUT2D eigenvalue weighted by molar-refractivity contribution is 5.75. The topological polar surface area (TPSA) is 17.8 Å². The Bertz CT molecular complexity index is 815. The van der Waals surface area contributed by atoms with Crippen molar-refractivity contribution in [3.63, 3.8) is 0 Å². The molecule has 0 aliphatic heterocycles. The fourth-order valence-corrected chi connectivity index (χ4v) is 2.68. The van der Waals surface area contributed by atoms with Gasteiger partial charge in [0.05, 0.1) is 17.1 Å². The van der Waals surface area contributed by atoms with E-state index in [1.165, 1.54) is 12.1 Å². The summed E-state index contributed by atoms with van der Waals surface area (Å²) in [5.74, 6) is -0.0316. The van der Waals surface area contributed by atoms with Crippen LogP contribution in [-0.4, -0.2) is 9.78 Å². The Hall–Kier alpha value is -2.68. The van der Waals surface area contributed by atoms with Gasteiger partial charge in [-0.1, -0.05) is 44.7 Å². The van der Waals surface area contributed by atoms with E-state index >= 15 is 0 Å². The first kappa shape index (κ1) is 15.2. The summed E-state index contributed by atoms with van der Waals surface area (Å²) < 4.78 is 15.2. The molecule has 3 aromatic rings. The molecule has 0 saturated carbocycles. The minimum absolute atomic E-state index is 0.231. The molecule has 0 amide bonds. The first-order chi connectivity index (χ1) is 11.1. The monoisotopic (exact) mass is 305 g/mol. The Morgan fingerprint density at radius 3 is 2.26 bits per heavy atom. The van der Waals surface area contributed by atoms with E-state index in [0.29, 0.717) is 0 Å². The molecule has 0 atom stereocenters. The third-order valence-electron chi connectivity index (χ3n) is 3.78. The zero-order chi connectivity index (χ0) is 16.4. The SMILES string of the molecule is [CH]=Cc1c(C(C)C)nn(-c2ccccc2)c1-c1ccc(F)cc1. The van der Waals surface area contributed by atoms with Crippen LogP contribution in [0.15, 0.2) is 54.6 Å². The molecule has 0 spiro atoms. The van der Waals surface area contributed by atoms with Crippen LogP contribution in [0.3, 0.4) is 0 Å². The molecule has 3 rings (SSSR count). The quantitative estimate of drug-likeness (QED) is 0.644. The predicted octanol–water partition coefficient (Wildman–Crippen LogP) is 5.25. The molecule has 1 heterocycles. The van der Waals surface area contributed by atoms with Gasteiger partial charge in [-0.15, -0.1) is 0 Å². The first-order valence-corrected chi connectivity index (χ1v) is 7.61. The summed E-state index contributed by atoms with van der Waals surface area (Å²) in [6.45, 7) is 10.1. The van der Waals surface area contributed by atoms with Gasteiger partial charge in [0, 0.05) is 11.1 Å². The van der Waals surface area contributed by atoms with Crippen molar-refractivity contribution in [1.82, 2.24) is 9.78 Å².